The van der Waals surface area contributed by atoms with Gasteiger partial charge in [-0.2, -0.15) is 0 Å². The maximum absolute atomic E-state index is 14.6. The summed E-state index contributed by atoms with van der Waals surface area (Å²) >= 11 is 11.8. The number of carbonyl (C=O) groups is 1. The van der Waals surface area contributed by atoms with Crippen molar-refractivity contribution in [3.05, 3.63) is 58.6 Å². The van der Waals surface area contributed by atoms with Gasteiger partial charge in [0.15, 0.2) is 11.6 Å². The smallest absolute Gasteiger partial charge is 0.248 e. The van der Waals surface area contributed by atoms with Crippen LogP contribution in [0, 0.1) is 5.82 Å². The summed E-state index contributed by atoms with van der Waals surface area (Å²) in [6.45, 7) is 1.02. The standard InChI is InChI=1S/C23H22Cl2FN5O2/c1-31-11-3-4-13(31)5-10-18(32)29-17-9-8-15-19(22(17)33-2)23(28-12-27-15)30-16-7-6-14(24)20(25)21(16)26/h5-10,12-13H,3-4,11H2,1-2H3,(H,29,32)(H,27,28,30)/b10-5+/t13-/m1/s1. The van der Waals surface area contributed by atoms with Gasteiger partial charge in [-0.1, -0.05) is 29.3 Å². The van der Waals surface area contributed by atoms with Crippen LogP contribution in [0.5, 0.6) is 5.75 Å². The van der Waals surface area contributed by atoms with Crippen molar-refractivity contribution in [2.75, 3.05) is 31.3 Å². The molecule has 2 heterocycles. The number of halogens is 3. The van der Waals surface area contributed by atoms with E-state index in [1.54, 1.807) is 12.1 Å². The van der Waals surface area contributed by atoms with E-state index in [9.17, 15) is 9.18 Å². The number of hydrogen-bond donors (Lipinski definition) is 2. The molecule has 33 heavy (non-hydrogen) atoms. The Morgan fingerprint density at radius 2 is 2.03 bits per heavy atom. The Bertz CT molecular complexity index is 1240. The van der Waals surface area contributed by atoms with Gasteiger partial charge in [0, 0.05) is 12.1 Å². The van der Waals surface area contributed by atoms with E-state index in [0.29, 0.717) is 22.3 Å². The van der Waals surface area contributed by atoms with E-state index in [4.69, 9.17) is 27.9 Å². The Labute approximate surface area is 200 Å². The zero-order chi connectivity index (χ0) is 23.5. The number of carbonyl (C=O) groups excluding carboxylic acids is 1. The monoisotopic (exact) mass is 489 g/mol. The molecule has 4 rings (SSSR count). The molecule has 1 amide bonds. The molecule has 1 aromatic heterocycles. The highest BCUT2D eigenvalue weighted by Gasteiger charge is 2.20. The van der Waals surface area contributed by atoms with Crippen LogP contribution >= 0.6 is 23.2 Å². The summed E-state index contributed by atoms with van der Waals surface area (Å²) in [7, 11) is 3.52. The molecule has 1 aliphatic heterocycles. The van der Waals surface area contributed by atoms with Crippen molar-refractivity contribution in [1.29, 1.82) is 0 Å². The zero-order valence-electron chi connectivity index (χ0n) is 18.0. The number of ether oxygens (including phenoxy) is 1. The van der Waals surface area contributed by atoms with Crippen LogP contribution in [0.4, 0.5) is 21.6 Å². The topological polar surface area (TPSA) is 79.4 Å². The number of rotatable bonds is 6. The lowest BCUT2D eigenvalue weighted by Crippen LogP contribution is -2.23. The fraction of sp³-hybridized carbons (Fsp3) is 0.261. The third-order valence-corrected chi connectivity index (χ3v) is 6.33. The van der Waals surface area contributed by atoms with Crippen LogP contribution in [0.15, 0.2) is 42.7 Å². The van der Waals surface area contributed by atoms with E-state index in [1.165, 1.54) is 31.6 Å². The molecule has 3 aromatic rings. The number of hydrogen-bond acceptors (Lipinski definition) is 6. The summed E-state index contributed by atoms with van der Waals surface area (Å²) in [6, 6.07) is 6.61. The number of amides is 1. The van der Waals surface area contributed by atoms with Gasteiger partial charge in [0.05, 0.1) is 39.4 Å². The molecule has 0 unspecified atom stereocenters. The molecule has 2 N–H and O–H groups in total. The molecule has 0 aliphatic carbocycles. The molecule has 7 nitrogen and oxygen atoms in total. The minimum Gasteiger partial charge on any atom is -0.494 e. The zero-order valence-corrected chi connectivity index (χ0v) is 19.5. The maximum atomic E-state index is 14.6. The van der Waals surface area contributed by atoms with Crippen molar-refractivity contribution in [3.63, 3.8) is 0 Å². The van der Waals surface area contributed by atoms with Crippen molar-refractivity contribution in [2.24, 2.45) is 0 Å². The molecule has 0 radical (unpaired) electrons. The van der Waals surface area contributed by atoms with Gasteiger partial charge < -0.3 is 15.4 Å². The number of benzene rings is 2. The molecule has 1 atom stereocenters. The van der Waals surface area contributed by atoms with Crippen LogP contribution in [0.25, 0.3) is 10.9 Å². The van der Waals surface area contributed by atoms with E-state index in [1.807, 2.05) is 13.1 Å². The predicted molar refractivity (Wildman–Crippen MR) is 129 cm³/mol. The van der Waals surface area contributed by atoms with Crippen molar-refractivity contribution >= 4 is 57.2 Å². The molecule has 1 saturated heterocycles. The first-order valence-electron chi connectivity index (χ1n) is 10.3. The largest absolute Gasteiger partial charge is 0.494 e. The first-order chi connectivity index (χ1) is 15.9. The number of fused-ring (bicyclic) bond motifs is 1. The predicted octanol–water partition coefficient (Wildman–Crippen LogP) is 5.42. The third-order valence-electron chi connectivity index (χ3n) is 5.55. The van der Waals surface area contributed by atoms with Gasteiger partial charge in [0.1, 0.15) is 12.1 Å². The number of methoxy groups -OCH3 is 1. The van der Waals surface area contributed by atoms with Gasteiger partial charge in [-0.3, -0.25) is 9.69 Å². The van der Waals surface area contributed by atoms with E-state index in [2.05, 4.69) is 25.5 Å². The lowest BCUT2D eigenvalue weighted by atomic mass is 10.1. The second-order valence-electron chi connectivity index (χ2n) is 7.65. The van der Waals surface area contributed by atoms with E-state index in [0.717, 1.165) is 19.4 Å². The highest BCUT2D eigenvalue weighted by atomic mass is 35.5. The number of anilines is 3. The average molecular weight is 490 g/mol. The van der Waals surface area contributed by atoms with Crippen molar-refractivity contribution in [2.45, 2.75) is 18.9 Å². The van der Waals surface area contributed by atoms with Gasteiger partial charge >= 0.3 is 0 Å². The van der Waals surface area contributed by atoms with Gasteiger partial charge in [0.25, 0.3) is 0 Å². The first kappa shape index (κ1) is 23.2. The number of likely N-dealkylation sites (tertiary alicyclic amines) is 1. The lowest BCUT2D eigenvalue weighted by Gasteiger charge is -2.16. The summed E-state index contributed by atoms with van der Waals surface area (Å²) in [5, 5.41) is 6.15. The van der Waals surface area contributed by atoms with Crippen LogP contribution in [0.2, 0.25) is 10.0 Å². The van der Waals surface area contributed by atoms with Gasteiger partial charge in [0.2, 0.25) is 5.91 Å². The van der Waals surface area contributed by atoms with E-state index < -0.39 is 5.82 Å². The van der Waals surface area contributed by atoms with Crippen LogP contribution in [-0.4, -0.2) is 47.5 Å². The van der Waals surface area contributed by atoms with E-state index in [-0.39, 0.29) is 33.5 Å². The van der Waals surface area contributed by atoms with Crippen LogP contribution in [0.1, 0.15) is 12.8 Å². The second kappa shape index (κ2) is 9.91. The Hall–Kier alpha value is -2.94. The minimum absolute atomic E-state index is 0.0875. The Kier molecular flexibility index (Phi) is 6.97. The SMILES string of the molecule is COc1c(NC(=O)/C=C/[C@H]2CCCN2C)ccc2ncnc(Nc3ccc(Cl)c(Cl)c3F)c12. The number of aromatic nitrogens is 2. The molecule has 1 aliphatic rings. The molecule has 172 valence electrons. The first-order valence-corrected chi connectivity index (χ1v) is 11.1. The number of nitrogens with one attached hydrogen (secondary N) is 2. The van der Waals surface area contributed by atoms with E-state index >= 15 is 0 Å². The molecule has 0 bridgehead atoms. The Balaban J connectivity index is 1.66. The van der Waals surface area contributed by atoms with Crippen molar-refractivity contribution < 1.29 is 13.9 Å². The van der Waals surface area contributed by atoms with Crippen molar-refractivity contribution in [3.8, 4) is 5.75 Å². The molecule has 10 heteroatoms. The summed E-state index contributed by atoms with van der Waals surface area (Å²) in [5.74, 6) is -0.361. The normalized spacial score (nSPS) is 16.5. The average Bonchev–Trinajstić information content (AvgIpc) is 3.22. The Morgan fingerprint density at radius 3 is 2.76 bits per heavy atom. The maximum Gasteiger partial charge on any atom is 0.248 e. The quantitative estimate of drug-likeness (QED) is 0.355. The molecular weight excluding hydrogens is 468 g/mol. The summed E-state index contributed by atoms with van der Waals surface area (Å²) in [4.78, 5) is 23.3. The highest BCUT2D eigenvalue weighted by molar-refractivity contribution is 6.42. The third kappa shape index (κ3) is 4.88. The summed E-state index contributed by atoms with van der Waals surface area (Å²) < 4.78 is 20.2. The van der Waals surface area contributed by atoms with Gasteiger partial charge in [-0.25, -0.2) is 14.4 Å². The minimum atomic E-state index is -0.707. The fourth-order valence-electron chi connectivity index (χ4n) is 3.83. The number of nitrogens with zero attached hydrogens (tertiary/aromatic N) is 3. The van der Waals surface area contributed by atoms with Crippen LogP contribution in [-0.2, 0) is 4.79 Å². The molecule has 1 fully saturated rings. The summed E-state index contributed by atoms with van der Waals surface area (Å²) in [5.41, 5.74) is 1.07. The molecule has 0 spiro atoms. The van der Waals surface area contributed by atoms with Crippen LogP contribution < -0.4 is 15.4 Å². The molecule has 0 saturated carbocycles. The van der Waals surface area contributed by atoms with Crippen molar-refractivity contribution in [1.82, 2.24) is 14.9 Å². The number of likely N-dealkylation sites (N-methyl/N-ethyl adjacent to an activating group) is 1. The summed E-state index contributed by atoms with van der Waals surface area (Å²) in [6.07, 6.45) is 6.91. The lowest BCUT2D eigenvalue weighted by molar-refractivity contribution is -0.111. The second-order valence-corrected chi connectivity index (χ2v) is 8.43. The highest BCUT2D eigenvalue weighted by Crippen LogP contribution is 2.39. The van der Waals surface area contributed by atoms with Gasteiger partial charge in [-0.05, 0) is 50.7 Å². The molecular formula is C23H22Cl2FN5O2. The fourth-order valence-corrected chi connectivity index (χ4v) is 4.14. The molecule has 2 aromatic carbocycles. The van der Waals surface area contributed by atoms with Crippen LogP contribution in [0.3, 0.4) is 0 Å². The van der Waals surface area contributed by atoms with Gasteiger partial charge in [-0.15, -0.1) is 0 Å². The Morgan fingerprint density at radius 1 is 1.24 bits per heavy atom.